The van der Waals surface area contributed by atoms with E-state index in [1.165, 1.54) is 31.3 Å². The molecule has 6 N–H and O–H groups in total. The highest BCUT2D eigenvalue weighted by molar-refractivity contribution is 5.75. The summed E-state index contributed by atoms with van der Waals surface area (Å²) < 4.78 is 5.36. The molecule has 0 aromatic heterocycles. The maximum atomic E-state index is 11.9. The van der Waals surface area contributed by atoms with Crippen LogP contribution in [0.25, 0.3) is 0 Å². The van der Waals surface area contributed by atoms with Gasteiger partial charge in [0.15, 0.2) is 0 Å². The lowest BCUT2D eigenvalue weighted by Gasteiger charge is -2.34. The number of ether oxygens (including phenoxy) is 1. The van der Waals surface area contributed by atoms with Crippen molar-refractivity contribution in [3.63, 3.8) is 0 Å². The van der Waals surface area contributed by atoms with E-state index in [1.807, 2.05) is 0 Å². The van der Waals surface area contributed by atoms with Crippen molar-refractivity contribution in [3.8, 4) is 0 Å². The van der Waals surface area contributed by atoms with Gasteiger partial charge in [0.25, 0.3) is 0 Å². The molecule has 8 nitrogen and oxygen atoms in total. The standard InChI is InChI=1S/C27H52O8/c1-21(2)9-7-11-23(4)13-8-12-22(3)10-5-6-14-24(32)27(18-31,25(33)34)20-35-19-26(15-28,16-29)17-30/h10,21,23-24,28-32H,5-9,11-20H2,1-4H3,(H,33,34). The van der Waals surface area contributed by atoms with Gasteiger partial charge < -0.3 is 35.4 Å². The van der Waals surface area contributed by atoms with E-state index in [0.29, 0.717) is 12.8 Å². The maximum absolute atomic E-state index is 11.9. The normalized spacial score (nSPS) is 16.3. The first-order valence-electron chi connectivity index (χ1n) is 13.1. The molecule has 0 fully saturated rings. The first-order chi connectivity index (χ1) is 16.5. The van der Waals surface area contributed by atoms with Gasteiger partial charge in [0, 0.05) is 0 Å². The molecule has 0 saturated heterocycles. The van der Waals surface area contributed by atoms with Crippen molar-refractivity contribution in [1.29, 1.82) is 0 Å². The number of carbonyl (C=O) groups is 1. The van der Waals surface area contributed by atoms with Crippen molar-refractivity contribution in [2.45, 2.75) is 91.6 Å². The number of rotatable bonds is 22. The summed E-state index contributed by atoms with van der Waals surface area (Å²) in [7, 11) is 0. The van der Waals surface area contributed by atoms with Gasteiger partial charge in [-0.3, -0.25) is 4.79 Å². The number of unbranched alkanes of at least 4 members (excludes halogenated alkanes) is 1. The minimum Gasteiger partial charge on any atom is -0.481 e. The number of aliphatic hydroxyl groups excluding tert-OH is 5. The molecule has 8 heteroatoms. The second kappa shape index (κ2) is 18.3. The maximum Gasteiger partial charge on any atom is 0.317 e. The largest absolute Gasteiger partial charge is 0.481 e. The second-order valence-electron chi connectivity index (χ2n) is 10.9. The molecule has 0 rings (SSSR count). The number of hydrogen-bond acceptors (Lipinski definition) is 7. The van der Waals surface area contributed by atoms with Crippen LogP contribution in [0.1, 0.15) is 85.5 Å². The van der Waals surface area contributed by atoms with Crippen molar-refractivity contribution in [3.05, 3.63) is 11.6 Å². The lowest BCUT2D eigenvalue weighted by molar-refractivity contribution is -0.172. The van der Waals surface area contributed by atoms with Gasteiger partial charge in [0.05, 0.1) is 51.2 Å². The number of carboxylic acids is 1. The highest BCUT2D eigenvalue weighted by atomic mass is 16.5. The van der Waals surface area contributed by atoms with Crippen LogP contribution in [0.2, 0.25) is 0 Å². The monoisotopic (exact) mass is 504 g/mol. The Morgan fingerprint density at radius 1 is 0.857 bits per heavy atom. The quantitative estimate of drug-likeness (QED) is 0.0973. The zero-order valence-corrected chi connectivity index (χ0v) is 22.4. The molecule has 0 aliphatic carbocycles. The van der Waals surface area contributed by atoms with Crippen molar-refractivity contribution < 1.29 is 40.2 Å². The molecule has 208 valence electrons. The van der Waals surface area contributed by atoms with Crippen molar-refractivity contribution in [1.82, 2.24) is 0 Å². The van der Waals surface area contributed by atoms with Crippen LogP contribution < -0.4 is 0 Å². The van der Waals surface area contributed by atoms with E-state index >= 15 is 0 Å². The van der Waals surface area contributed by atoms with Crippen molar-refractivity contribution in [2.24, 2.45) is 22.7 Å². The summed E-state index contributed by atoms with van der Waals surface area (Å²) in [5.74, 6) is 0.114. The van der Waals surface area contributed by atoms with Crippen LogP contribution in [0.5, 0.6) is 0 Å². The van der Waals surface area contributed by atoms with Gasteiger partial charge in [0.1, 0.15) is 5.41 Å². The molecule has 35 heavy (non-hydrogen) atoms. The van der Waals surface area contributed by atoms with Gasteiger partial charge in [-0.05, 0) is 50.9 Å². The third-order valence-electron chi connectivity index (χ3n) is 7.04. The van der Waals surface area contributed by atoms with E-state index in [4.69, 9.17) is 4.74 Å². The van der Waals surface area contributed by atoms with Crippen LogP contribution in [0.3, 0.4) is 0 Å². The van der Waals surface area contributed by atoms with Crippen molar-refractivity contribution >= 4 is 5.97 Å². The smallest absolute Gasteiger partial charge is 0.317 e. The molecule has 0 aliphatic heterocycles. The molecular formula is C27H52O8. The molecule has 0 radical (unpaired) electrons. The van der Waals surface area contributed by atoms with E-state index in [0.717, 1.165) is 24.7 Å². The molecule has 0 heterocycles. The lowest BCUT2D eigenvalue weighted by Crippen LogP contribution is -2.50. The average Bonchev–Trinajstić information content (AvgIpc) is 2.82. The van der Waals surface area contributed by atoms with E-state index in [9.17, 15) is 35.4 Å². The molecule has 0 saturated carbocycles. The topological polar surface area (TPSA) is 148 Å². The van der Waals surface area contributed by atoms with Crippen LogP contribution in [0.4, 0.5) is 0 Å². The first kappa shape index (κ1) is 34.0. The number of aliphatic carboxylic acids is 1. The molecule has 0 spiro atoms. The van der Waals surface area contributed by atoms with Crippen LogP contribution >= 0.6 is 0 Å². The van der Waals surface area contributed by atoms with E-state index < -0.39 is 55.9 Å². The van der Waals surface area contributed by atoms with Gasteiger partial charge >= 0.3 is 5.97 Å². The van der Waals surface area contributed by atoms with Gasteiger partial charge in [0.2, 0.25) is 0 Å². The van der Waals surface area contributed by atoms with Gasteiger partial charge in [-0.1, -0.05) is 58.1 Å². The fraction of sp³-hybridized carbons (Fsp3) is 0.889. The lowest BCUT2D eigenvalue weighted by atomic mass is 9.81. The van der Waals surface area contributed by atoms with Gasteiger partial charge in [-0.15, -0.1) is 0 Å². The van der Waals surface area contributed by atoms with E-state index in [2.05, 4.69) is 33.8 Å². The third kappa shape index (κ3) is 12.7. The number of hydrogen-bond donors (Lipinski definition) is 6. The molecule has 0 amide bonds. The molecule has 3 unspecified atom stereocenters. The minimum absolute atomic E-state index is 0.179. The van der Waals surface area contributed by atoms with Gasteiger partial charge in [-0.2, -0.15) is 0 Å². The highest BCUT2D eigenvalue weighted by Crippen LogP contribution is 2.28. The summed E-state index contributed by atoms with van der Waals surface area (Å²) in [6, 6.07) is 0. The summed E-state index contributed by atoms with van der Waals surface area (Å²) in [5.41, 5.74) is -1.95. The van der Waals surface area contributed by atoms with Crippen LogP contribution in [-0.4, -0.2) is 82.4 Å². The van der Waals surface area contributed by atoms with Crippen LogP contribution in [0.15, 0.2) is 11.6 Å². The zero-order chi connectivity index (χ0) is 26.9. The fourth-order valence-corrected chi connectivity index (χ4v) is 4.04. The Morgan fingerprint density at radius 2 is 1.46 bits per heavy atom. The van der Waals surface area contributed by atoms with Crippen LogP contribution in [0, 0.1) is 22.7 Å². The Labute approximate surface area is 212 Å². The number of allylic oxidation sites excluding steroid dienone is 2. The Bertz CT molecular complexity index is 579. The molecule has 0 aromatic carbocycles. The predicted octanol–water partition coefficient (Wildman–Crippen LogP) is 3.14. The summed E-state index contributed by atoms with van der Waals surface area (Å²) in [5, 5.41) is 58.3. The van der Waals surface area contributed by atoms with Gasteiger partial charge in [-0.25, -0.2) is 0 Å². The number of aliphatic hydroxyl groups is 5. The molecule has 0 aliphatic rings. The Kier molecular flexibility index (Phi) is 17.7. The average molecular weight is 505 g/mol. The second-order valence-corrected chi connectivity index (χ2v) is 10.9. The summed E-state index contributed by atoms with van der Waals surface area (Å²) in [6.45, 7) is 5.64. The van der Waals surface area contributed by atoms with Crippen molar-refractivity contribution in [2.75, 3.05) is 39.6 Å². The molecule has 3 atom stereocenters. The fourth-order valence-electron chi connectivity index (χ4n) is 4.04. The molecular weight excluding hydrogens is 452 g/mol. The third-order valence-corrected chi connectivity index (χ3v) is 7.04. The Morgan fingerprint density at radius 3 is 1.97 bits per heavy atom. The summed E-state index contributed by atoms with van der Waals surface area (Å²) >= 11 is 0. The number of carboxylic acid groups (broad SMARTS) is 1. The molecule has 0 aromatic rings. The predicted molar refractivity (Wildman–Crippen MR) is 137 cm³/mol. The SMILES string of the molecule is CC(=CCCCC(O)C(CO)(COCC(CO)(CO)CO)C(=O)O)CCCC(C)CCCC(C)C. The minimum atomic E-state index is -1.92. The van der Waals surface area contributed by atoms with E-state index in [-0.39, 0.29) is 13.0 Å². The van der Waals surface area contributed by atoms with E-state index in [1.54, 1.807) is 0 Å². The Hall–Kier alpha value is -1.03. The summed E-state index contributed by atoms with van der Waals surface area (Å²) in [4.78, 5) is 11.9. The van der Waals surface area contributed by atoms with Crippen LogP contribution in [-0.2, 0) is 9.53 Å². The molecule has 0 bridgehead atoms. The highest BCUT2D eigenvalue weighted by Gasteiger charge is 2.46. The first-order valence-corrected chi connectivity index (χ1v) is 13.1. The summed E-state index contributed by atoms with van der Waals surface area (Å²) in [6.07, 6.45) is 9.49. The Balaban J connectivity index is 4.58. The zero-order valence-electron chi connectivity index (χ0n) is 22.4.